The standard InChI is InChI=1S/C18H29N3O5S/c1-3-26-17-4-6-18(7-5-17)27(23,24)19-8-9-21(16(2)22)11-10-20-12-14-25-15-13-20/h4-7,19H,3,8-15H2,1-2H3. The maximum atomic E-state index is 12.4. The summed E-state index contributed by atoms with van der Waals surface area (Å²) >= 11 is 0. The monoisotopic (exact) mass is 399 g/mol. The summed E-state index contributed by atoms with van der Waals surface area (Å²) in [7, 11) is -3.62. The molecular formula is C18H29N3O5S. The molecule has 0 radical (unpaired) electrons. The van der Waals surface area contributed by atoms with Gasteiger partial charge in [0, 0.05) is 46.2 Å². The third kappa shape index (κ3) is 7.10. The van der Waals surface area contributed by atoms with Crippen molar-refractivity contribution in [2.45, 2.75) is 18.7 Å². The van der Waals surface area contributed by atoms with Crippen LogP contribution < -0.4 is 9.46 Å². The van der Waals surface area contributed by atoms with Gasteiger partial charge in [0.05, 0.1) is 24.7 Å². The zero-order valence-electron chi connectivity index (χ0n) is 16.0. The molecule has 1 heterocycles. The highest BCUT2D eigenvalue weighted by Crippen LogP contribution is 2.15. The molecule has 0 unspecified atom stereocenters. The van der Waals surface area contributed by atoms with E-state index in [0.717, 1.165) is 19.6 Å². The van der Waals surface area contributed by atoms with Crippen molar-refractivity contribution in [1.82, 2.24) is 14.5 Å². The van der Waals surface area contributed by atoms with Crippen LogP contribution in [0.4, 0.5) is 0 Å². The Balaban J connectivity index is 1.82. The Bertz CT molecular complexity index is 687. The van der Waals surface area contributed by atoms with Crippen molar-refractivity contribution in [1.29, 1.82) is 0 Å². The van der Waals surface area contributed by atoms with Crippen LogP contribution in [0.15, 0.2) is 29.2 Å². The van der Waals surface area contributed by atoms with Gasteiger partial charge in [-0.2, -0.15) is 0 Å². The molecule has 9 heteroatoms. The maximum Gasteiger partial charge on any atom is 0.240 e. The Hall–Kier alpha value is -1.68. The molecular weight excluding hydrogens is 370 g/mol. The topological polar surface area (TPSA) is 88.2 Å². The molecule has 0 spiro atoms. The molecule has 8 nitrogen and oxygen atoms in total. The second kappa shape index (κ2) is 10.6. The van der Waals surface area contributed by atoms with Gasteiger partial charge in [-0.25, -0.2) is 13.1 Å². The van der Waals surface area contributed by atoms with Gasteiger partial charge in [-0.3, -0.25) is 9.69 Å². The van der Waals surface area contributed by atoms with E-state index >= 15 is 0 Å². The lowest BCUT2D eigenvalue weighted by atomic mass is 10.3. The molecule has 0 bridgehead atoms. The van der Waals surface area contributed by atoms with Gasteiger partial charge in [-0.15, -0.1) is 0 Å². The second-order valence-electron chi connectivity index (χ2n) is 6.26. The fourth-order valence-electron chi connectivity index (χ4n) is 2.79. The minimum Gasteiger partial charge on any atom is -0.494 e. The minimum absolute atomic E-state index is 0.0662. The summed E-state index contributed by atoms with van der Waals surface area (Å²) < 4.78 is 37.9. The Morgan fingerprint density at radius 1 is 1.22 bits per heavy atom. The number of carbonyl (C=O) groups is 1. The third-order valence-corrected chi connectivity index (χ3v) is 5.83. The summed E-state index contributed by atoms with van der Waals surface area (Å²) in [5, 5.41) is 0. The molecule has 1 aromatic rings. The lowest BCUT2D eigenvalue weighted by molar-refractivity contribution is -0.129. The molecule has 27 heavy (non-hydrogen) atoms. The van der Waals surface area contributed by atoms with Crippen LogP contribution in [0, 0.1) is 0 Å². The van der Waals surface area contributed by atoms with E-state index in [-0.39, 0.29) is 17.3 Å². The van der Waals surface area contributed by atoms with Crippen molar-refractivity contribution in [3.63, 3.8) is 0 Å². The molecule has 0 aliphatic carbocycles. The normalized spacial score (nSPS) is 15.5. The van der Waals surface area contributed by atoms with E-state index in [2.05, 4.69) is 9.62 Å². The molecule has 1 N–H and O–H groups in total. The van der Waals surface area contributed by atoms with Gasteiger partial charge in [-0.1, -0.05) is 0 Å². The number of amides is 1. The van der Waals surface area contributed by atoms with Crippen molar-refractivity contribution in [2.24, 2.45) is 0 Å². The highest BCUT2D eigenvalue weighted by atomic mass is 32.2. The summed E-state index contributed by atoms with van der Waals surface area (Å²) in [5.41, 5.74) is 0. The highest BCUT2D eigenvalue weighted by Gasteiger charge is 2.17. The van der Waals surface area contributed by atoms with Crippen LogP contribution in [0.25, 0.3) is 0 Å². The van der Waals surface area contributed by atoms with E-state index in [1.54, 1.807) is 17.0 Å². The van der Waals surface area contributed by atoms with Crippen LogP contribution in [0.5, 0.6) is 5.75 Å². The number of hydrogen-bond donors (Lipinski definition) is 1. The average molecular weight is 400 g/mol. The number of hydrogen-bond acceptors (Lipinski definition) is 6. The van der Waals surface area contributed by atoms with E-state index in [1.165, 1.54) is 19.1 Å². The number of benzene rings is 1. The van der Waals surface area contributed by atoms with Crippen molar-refractivity contribution >= 4 is 15.9 Å². The first kappa shape index (κ1) is 21.6. The predicted molar refractivity (Wildman–Crippen MR) is 102 cm³/mol. The molecule has 0 aromatic heterocycles. The zero-order chi connectivity index (χ0) is 19.7. The van der Waals surface area contributed by atoms with E-state index < -0.39 is 10.0 Å². The largest absolute Gasteiger partial charge is 0.494 e. The molecule has 0 saturated carbocycles. The molecule has 1 aromatic carbocycles. The summed E-state index contributed by atoms with van der Waals surface area (Å²) in [6.45, 7) is 8.85. The first-order valence-corrected chi connectivity index (χ1v) is 10.7. The van der Waals surface area contributed by atoms with Gasteiger partial charge in [0.25, 0.3) is 0 Å². The molecule has 152 valence electrons. The van der Waals surface area contributed by atoms with Crippen LogP contribution in [0.3, 0.4) is 0 Å². The van der Waals surface area contributed by atoms with Crippen LogP contribution in [0.2, 0.25) is 0 Å². The van der Waals surface area contributed by atoms with Crippen molar-refractivity contribution in [2.75, 3.05) is 59.1 Å². The SMILES string of the molecule is CCOc1ccc(S(=O)(=O)NCCN(CCN2CCOCC2)C(C)=O)cc1. The third-order valence-electron chi connectivity index (χ3n) is 4.35. The fourth-order valence-corrected chi connectivity index (χ4v) is 3.81. The number of nitrogens with zero attached hydrogens (tertiary/aromatic N) is 2. The van der Waals surface area contributed by atoms with E-state index in [0.29, 0.717) is 38.7 Å². The Labute approximate surface area is 161 Å². The molecule has 1 amide bonds. The zero-order valence-corrected chi connectivity index (χ0v) is 16.8. The number of nitrogens with one attached hydrogen (secondary N) is 1. The van der Waals surface area contributed by atoms with Gasteiger partial charge in [0.1, 0.15) is 5.75 Å². The quantitative estimate of drug-likeness (QED) is 0.618. The molecule has 1 aliphatic rings. The smallest absolute Gasteiger partial charge is 0.240 e. The van der Waals surface area contributed by atoms with E-state index in [1.807, 2.05) is 6.92 Å². The van der Waals surface area contributed by atoms with Gasteiger partial charge in [-0.05, 0) is 31.2 Å². The van der Waals surface area contributed by atoms with Crippen LogP contribution in [0.1, 0.15) is 13.8 Å². The molecule has 1 fully saturated rings. The van der Waals surface area contributed by atoms with Crippen molar-refractivity contribution < 1.29 is 22.7 Å². The summed E-state index contributed by atoms with van der Waals surface area (Å²) in [6.07, 6.45) is 0. The first-order chi connectivity index (χ1) is 12.9. The Morgan fingerprint density at radius 2 is 1.89 bits per heavy atom. The molecule has 2 rings (SSSR count). The molecule has 1 aliphatic heterocycles. The average Bonchev–Trinajstić information content (AvgIpc) is 2.65. The second-order valence-corrected chi connectivity index (χ2v) is 8.03. The lowest BCUT2D eigenvalue weighted by Crippen LogP contribution is -2.44. The van der Waals surface area contributed by atoms with Crippen molar-refractivity contribution in [3.8, 4) is 5.75 Å². The Morgan fingerprint density at radius 3 is 2.48 bits per heavy atom. The molecule has 0 atom stereocenters. The number of morpholine rings is 1. The predicted octanol–water partition coefficient (Wildman–Crippen LogP) is 0.544. The maximum absolute atomic E-state index is 12.4. The Kier molecular flexibility index (Phi) is 8.49. The van der Waals surface area contributed by atoms with Gasteiger partial charge in [0.2, 0.25) is 15.9 Å². The minimum atomic E-state index is -3.62. The number of carbonyl (C=O) groups excluding carboxylic acids is 1. The van der Waals surface area contributed by atoms with Crippen LogP contribution in [-0.2, 0) is 19.6 Å². The van der Waals surface area contributed by atoms with Crippen LogP contribution in [-0.4, -0.2) is 83.2 Å². The van der Waals surface area contributed by atoms with Crippen LogP contribution >= 0.6 is 0 Å². The number of rotatable bonds is 10. The number of ether oxygens (including phenoxy) is 2. The number of sulfonamides is 1. The van der Waals surface area contributed by atoms with Gasteiger partial charge in [0.15, 0.2) is 0 Å². The van der Waals surface area contributed by atoms with E-state index in [9.17, 15) is 13.2 Å². The lowest BCUT2D eigenvalue weighted by Gasteiger charge is -2.29. The van der Waals surface area contributed by atoms with E-state index in [4.69, 9.17) is 9.47 Å². The summed E-state index contributed by atoms with van der Waals surface area (Å²) in [6, 6.07) is 6.27. The highest BCUT2D eigenvalue weighted by molar-refractivity contribution is 7.89. The van der Waals surface area contributed by atoms with Gasteiger partial charge < -0.3 is 14.4 Å². The fraction of sp³-hybridized carbons (Fsp3) is 0.611. The van der Waals surface area contributed by atoms with Crippen molar-refractivity contribution in [3.05, 3.63) is 24.3 Å². The summed E-state index contributed by atoms with van der Waals surface area (Å²) in [5.74, 6) is 0.561. The summed E-state index contributed by atoms with van der Waals surface area (Å²) in [4.78, 5) is 15.9. The molecule has 1 saturated heterocycles. The first-order valence-electron chi connectivity index (χ1n) is 9.20. The van der Waals surface area contributed by atoms with Gasteiger partial charge >= 0.3 is 0 Å².